The molecule has 0 saturated carbocycles. The maximum absolute atomic E-state index is 11.7. The molecular weight excluding hydrogens is 240 g/mol. The first-order chi connectivity index (χ1) is 8.00. The van der Waals surface area contributed by atoms with Gasteiger partial charge in [-0.25, -0.2) is 8.42 Å². The molecular formula is C11H18N2O3S. The van der Waals surface area contributed by atoms with Gasteiger partial charge in [-0.3, -0.25) is 4.31 Å². The quantitative estimate of drug-likeness (QED) is 0.819. The lowest BCUT2D eigenvalue weighted by Gasteiger charge is -2.23. The van der Waals surface area contributed by atoms with Gasteiger partial charge in [0.15, 0.2) is 0 Å². The van der Waals surface area contributed by atoms with Gasteiger partial charge in [0.25, 0.3) is 0 Å². The summed E-state index contributed by atoms with van der Waals surface area (Å²) in [5, 5.41) is 0. The minimum Gasteiger partial charge on any atom is -0.495 e. The molecule has 0 aliphatic rings. The summed E-state index contributed by atoms with van der Waals surface area (Å²) in [5.41, 5.74) is 5.96. The van der Waals surface area contributed by atoms with Gasteiger partial charge in [-0.15, -0.1) is 0 Å². The van der Waals surface area contributed by atoms with E-state index < -0.39 is 10.0 Å². The zero-order valence-electron chi connectivity index (χ0n) is 10.1. The third-order valence-corrected chi connectivity index (χ3v) is 3.50. The van der Waals surface area contributed by atoms with Crippen molar-refractivity contribution in [1.29, 1.82) is 0 Å². The topological polar surface area (TPSA) is 72.6 Å². The van der Waals surface area contributed by atoms with Crippen LogP contribution in [0.5, 0.6) is 5.75 Å². The Morgan fingerprint density at radius 3 is 2.53 bits per heavy atom. The number of nitrogens with zero attached hydrogens (tertiary/aromatic N) is 1. The maximum Gasteiger partial charge on any atom is 0.232 e. The van der Waals surface area contributed by atoms with Crippen LogP contribution < -0.4 is 14.8 Å². The Labute approximate surface area is 102 Å². The number of anilines is 1. The Balaban J connectivity index is 3.13. The molecule has 0 amide bonds. The molecule has 0 unspecified atom stereocenters. The second-order valence-electron chi connectivity index (χ2n) is 3.65. The fraction of sp³-hybridized carbons (Fsp3) is 0.455. The van der Waals surface area contributed by atoms with Crippen LogP contribution in [0.2, 0.25) is 0 Å². The molecule has 2 N–H and O–H groups in total. The van der Waals surface area contributed by atoms with Gasteiger partial charge in [-0.1, -0.05) is 12.1 Å². The molecule has 0 spiro atoms. The lowest BCUT2D eigenvalue weighted by atomic mass is 10.3. The van der Waals surface area contributed by atoms with Gasteiger partial charge in [0.05, 0.1) is 19.1 Å². The van der Waals surface area contributed by atoms with E-state index in [9.17, 15) is 8.42 Å². The Morgan fingerprint density at radius 1 is 1.35 bits per heavy atom. The standard InChI is InChI=1S/C11H18N2O3S/c1-16-11-7-4-3-6-10(11)13(9-5-8-12)17(2,14)15/h3-4,6-7H,5,8-9,12H2,1-2H3. The van der Waals surface area contributed by atoms with Crippen LogP contribution in [-0.2, 0) is 10.0 Å². The molecule has 0 saturated heterocycles. The molecule has 0 aromatic heterocycles. The number of hydrogen-bond acceptors (Lipinski definition) is 4. The van der Waals surface area contributed by atoms with Crippen molar-refractivity contribution in [3.8, 4) is 5.75 Å². The van der Waals surface area contributed by atoms with E-state index >= 15 is 0 Å². The number of para-hydroxylation sites is 2. The van der Waals surface area contributed by atoms with Crippen LogP contribution in [0.1, 0.15) is 6.42 Å². The summed E-state index contributed by atoms with van der Waals surface area (Å²) in [6.45, 7) is 0.802. The monoisotopic (exact) mass is 258 g/mol. The summed E-state index contributed by atoms with van der Waals surface area (Å²) >= 11 is 0. The van der Waals surface area contributed by atoms with Gasteiger partial charge in [0.1, 0.15) is 5.75 Å². The number of nitrogens with two attached hydrogens (primary N) is 1. The van der Waals surface area contributed by atoms with E-state index in [4.69, 9.17) is 10.5 Å². The molecule has 96 valence electrons. The van der Waals surface area contributed by atoms with Crippen molar-refractivity contribution in [3.63, 3.8) is 0 Å². The van der Waals surface area contributed by atoms with Crippen molar-refractivity contribution in [1.82, 2.24) is 0 Å². The molecule has 1 rings (SSSR count). The maximum atomic E-state index is 11.7. The molecule has 5 nitrogen and oxygen atoms in total. The Bertz CT molecular complexity index is 460. The largest absolute Gasteiger partial charge is 0.495 e. The Hall–Kier alpha value is -1.27. The van der Waals surface area contributed by atoms with Crippen molar-refractivity contribution in [3.05, 3.63) is 24.3 Å². The van der Waals surface area contributed by atoms with E-state index in [0.717, 1.165) is 0 Å². The fourth-order valence-corrected chi connectivity index (χ4v) is 2.50. The van der Waals surface area contributed by atoms with Gasteiger partial charge < -0.3 is 10.5 Å². The van der Waals surface area contributed by atoms with E-state index in [1.165, 1.54) is 17.7 Å². The van der Waals surface area contributed by atoms with E-state index in [2.05, 4.69) is 0 Å². The van der Waals surface area contributed by atoms with E-state index in [-0.39, 0.29) is 0 Å². The van der Waals surface area contributed by atoms with E-state index in [1.54, 1.807) is 24.3 Å². The van der Waals surface area contributed by atoms with Crippen LogP contribution in [0.25, 0.3) is 0 Å². The molecule has 0 aliphatic heterocycles. The lowest BCUT2D eigenvalue weighted by Crippen LogP contribution is -2.32. The number of rotatable bonds is 6. The number of methoxy groups -OCH3 is 1. The highest BCUT2D eigenvalue weighted by Crippen LogP contribution is 2.29. The van der Waals surface area contributed by atoms with Crippen molar-refractivity contribution >= 4 is 15.7 Å². The van der Waals surface area contributed by atoms with Crippen molar-refractivity contribution in [2.24, 2.45) is 5.73 Å². The van der Waals surface area contributed by atoms with Gasteiger partial charge in [0.2, 0.25) is 10.0 Å². The third-order valence-electron chi connectivity index (χ3n) is 2.32. The minimum atomic E-state index is -3.33. The summed E-state index contributed by atoms with van der Waals surface area (Å²) < 4.78 is 30.0. The average Bonchev–Trinajstić information content (AvgIpc) is 2.28. The van der Waals surface area contributed by atoms with Crippen LogP contribution in [0.3, 0.4) is 0 Å². The average molecular weight is 258 g/mol. The van der Waals surface area contributed by atoms with Crippen LogP contribution >= 0.6 is 0 Å². The molecule has 0 fully saturated rings. The van der Waals surface area contributed by atoms with Crippen molar-refractivity contribution in [2.45, 2.75) is 6.42 Å². The third kappa shape index (κ3) is 3.61. The van der Waals surface area contributed by atoms with Crippen LogP contribution in [-0.4, -0.2) is 34.9 Å². The first-order valence-electron chi connectivity index (χ1n) is 5.31. The van der Waals surface area contributed by atoms with E-state index in [1.807, 2.05) is 0 Å². The SMILES string of the molecule is COc1ccccc1N(CCCN)S(C)(=O)=O. The number of hydrogen-bond donors (Lipinski definition) is 1. The van der Waals surface area contributed by atoms with Gasteiger partial charge >= 0.3 is 0 Å². The molecule has 17 heavy (non-hydrogen) atoms. The summed E-state index contributed by atoms with van der Waals surface area (Å²) in [7, 11) is -1.81. The Morgan fingerprint density at radius 2 is 2.00 bits per heavy atom. The van der Waals surface area contributed by atoms with Crippen LogP contribution in [0, 0.1) is 0 Å². The highest BCUT2D eigenvalue weighted by molar-refractivity contribution is 7.92. The van der Waals surface area contributed by atoms with Crippen LogP contribution in [0.15, 0.2) is 24.3 Å². The Kier molecular flexibility index (Phi) is 4.77. The number of sulfonamides is 1. The van der Waals surface area contributed by atoms with Gasteiger partial charge in [-0.2, -0.15) is 0 Å². The summed E-state index contributed by atoms with van der Waals surface area (Å²) in [6.07, 6.45) is 1.78. The first kappa shape index (κ1) is 13.8. The smallest absolute Gasteiger partial charge is 0.232 e. The van der Waals surface area contributed by atoms with Gasteiger partial charge in [0, 0.05) is 6.54 Å². The number of benzene rings is 1. The predicted molar refractivity (Wildman–Crippen MR) is 68.9 cm³/mol. The highest BCUT2D eigenvalue weighted by atomic mass is 32.2. The second-order valence-corrected chi connectivity index (χ2v) is 5.56. The lowest BCUT2D eigenvalue weighted by molar-refractivity contribution is 0.415. The van der Waals surface area contributed by atoms with Crippen molar-refractivity contribution < 1.29 is 13.2 Å². The minimum absolute atomic E-state index is 0.357. The van der Waals surface area contributed by atoms with E-state index in [0.29, 0.717) is 30.9 Å². The molecule has 0 aliphatic carbocycles. The molecule has 6 heteroatoms. The first-order valence-corrected chi connectivity index (χ1v) is 7.16. The summed E-state index contributed by atoms with van der Waals surface area (Å²) in [5.74, 6) is 0.537. The zero-order valence-corrected chi connectivity index (χ0v) is 10.9. The van der Waals surface area contributed by atoms with Crippen molar-refractivity contribution in [2.75, 3.05) is 30.8 Å². The molecule has 1 aromatic carbocycles. The zero-order chi connectivity index (χ0) is 12.9. The fourth-order valence-electron chi connectivity index (χ4n) is 1.54. The molecule has 0 radical (unpaired) electrons. The predicted octanol–water partition coefficient (Wildman–Crippen LogP) is 0.810. The molecule has 0 heterocycles. The molecule has 0 bridgehead atoms. The molecule has 0 atom stereocenters. The normalized spacial score (nSPS) is 11.2. The summed E-state index contributed by atoms with van der Waals surface area (Å²) in [6, 6.07) is 7.02. The van der Waals surface area contributed by atoms with Crippen LogP contribution in [0.4, 0.5) is 5.69 Å². The highest BCUT2D eigenvalue weighted by Gasteiger charge is 2.19. The summed E-state index contributed by atoms with van der Waals surface area (Å²) in [4.78, 5) is 0. The second kappa shape index (κ2) is 5.88. The van der Waals surface area contributed by atoms with Gasteiger partial charge in [-0.05, 0) is 25.1 Å². The number of ether oxygens (including phenoxy) is 1. The molecule has 1 aromatic rings.